The Kier molecular flexibility index (Phi) is 4.55. The zero-order valence-corrected chi connectivity index (χ0v) is 17.8. The first-order valence-corrected chi connectivity index (χ1v) is 11.9. The number of nitrogen functional groups attached to an aromatic ring is 1. The van der Waals surface area contributed by atoms with Crippen molar-refractivity contribution < 1.29 is 25.9 Å². The van der Waals surface area contributed by atoms with E-state index < -0.39 is 20.2 Å². The summed E-state index contributed by atoms with van der Waals surface area (Å²) in [5.74, 6) is 0. The quantitative estimate of drug-likeness (QED) is 0.324. The molecule has 1 aliphatic rings. The molecule has 4 rings (SSSR count). The number of aryl methyl sites for hydroxylation is 2. The molecule has 0 radical (unpaired) electrons. The molecule has 3 aromatic rings. The molecule has 0 aliphatic heterocycles. The van der Waals surface area contributed by atoms with Crippen molar-refractivity contribution >= 4 is 25.9 Å². The molecule has 4 N–H and O–H groups in total. The van der Waals surface area contributed by atoms with Crippen molar-refractivity contribution in [2.24, 2.45) is 0 Å². The highest BCUT2D eigenvalue weighted by Gasteiger charge is 2.29. The summed E-state index contributed by atoms with van der Waals surface area (Å²) in [6.07, 6.45) is 0.245. The van der Waals surface area contributed by atoms with E-state index in [1.54, 1.807) is 24.3 Å². The van der Waals surface area contributed by atoms with E-state index in [4.69, 9.17) is 5.73 Å². The van der Waals surface area contributed by atoms with Gasteiger partial charge in [-0.25, -0.2) is 0 Å². The van der Waals surface area contributed by atoms with E-state index in [0.29, 0.717) is 27.9 Å². The van der Waals surface area contributed by atoms with Gasteiger partial charge >= 0.3 is 0 Å². The molecule has 0 fully saturated rings. The largest absolute Gasteiger partial charge is 0.398 e. The molecule has 0 bridgehead atoms. The van der Waals surface area contributed by atoms with Gasteiger partial charge in [-0.05, 0) is 89.5 Å². The fourth-order valence-electron chi connectivity index (χ4n) is 4.04. The van der Waals surface area contributed by atoms with Crippen LogP contribution in [0.2, 0.25) is 0 Å². The van der Waals surface area contributed by atoms with Crippen molar-refractivity contribution in [3.8, 4) is 22.3 Å². The van der Waals surface area contributed by atoms with Crippen LogP contribution in [0.5, 0.6) is 0 Å². The Labute approximate surface area is 174 Å². The number of hydrogen-bond acceptors (Lipinski definition) is 5. The average Bonchev–Trinajstić information content (AvgIpc) is 3.01. The SMILES string of the molecule is Cc1cc(-c2c(S(=O)(=O)O)ccc3c2Cc2cc(S(=O)(=O)O)ccc2-3)cc(C)c1N. The van der Waals surface area contributed by atoms with Crippen LogP contribution in [0.15, 0.2) is 52.3 Å². The number of hydrogen-bond donors (Lipinski definition) is 3. The molecule has 9 heteroatoms. The molecule has 3 aromatic carbocycles. The minimum absolute atomic E-state index is 0.229. The van der Waals surface area contributed by atoms with Crippen molar-refractivity contribution in [3.63, 3.8) is 0 Å². The summed E-state index contributed by atoms with van der Waals surface area (Å²) in [5.41, 5.74) is 11.9. The standard InChI is InChI=1S/C21H19NO6S2/c1-11-7-14(8-12(2)21(11)22)20-18-10-13-9-15(29(23,24)25)3-4-16(13)17(18)5-6-19(20)30(26,27)28/h3-9H,10,22H2,1-2H3,(H,23,24,25)(H,26,27,28). The first kappa shape index (κ1) is 20.5. The molecule has 7 nitrogen and oxygen atoms in total. The minimum atomic E-state index is -4.52. The van der Waals surface area contributed by atoms with Gasteiger partial charge in [0.25, 0.3) is 20.2 Å². The van der Waals surface area contributed by atoms with E-state index in [2.05, 4.69) is 0 Å². The minimum Gasteiger partial charge on any atom is -0.398 e. The van der Waals surface area contributed by atoms with Crippen LogP contribution in [0.3, 0.4) is 0 Å². The van der Waals surface area contributed by atoms with Crippen molar-refractivity contribution in [1.82, 2.24) is 0 Å². The van der Waals surface area contributed by atoms with Crippen LogP contribution < -0.4 is 5.73 Å². The van der Waals surface area contributed by atoms with Gasteiger partial charge in [-0.2, -0.15) is 16.8 Å². The van der Waals surface area contributed by atoms with E-state index in [1.807, 2.05) is 13.8 Å². The van der Waals surface area contributed by atoms with E-state index in [-0.39, 0.29) is 16.2 Å². The summed E-state index contributed by atoms with van der Waals surface area (Å²) in [6.45, 7) is 3.63. The Hall–Kier alpha value is -2.72. The van der Waals surface area contributed by atoms with Crippen molar-refractivity contribution in [3.05, 3.63) is 64.7 Å². The summed E-state index contributed by atoms with van der Waals surface area (Å²) >= 11 is 0. The van der Waals surface area contributed by atoms with Gasteiger partial charge in [0.2, 0.25) is 0 Å². The number of fused-ring (bicyclic) bond motifs is 3. The number of benzene rings is 3. The molecular weight excluding hydrogens is 426 g/mol. The number of nitrogens with two attached hydrogens (primary N) is 1. The third kappa shape index (κ3) is 3.29. The Morgan fingerprint density at radius 3 is 2.00 bits per heavy atom. The maximum absolute atomic E-state index is 12.1. The van der Waals surface area contributed by atoms with Gasteiger partial charge in [-0.15, -0.1) is 0 Å². The normalized spacial score (nSPS) is 13.2. The summed E-state index contributed by atoms with van der Waals surface area (Å²) in [4.78, 5) is -0.461. The second kappa shape index (κ2) is 6.64. The van der Waals surface area contributed by atoms with E-state index in [9.17, 15) is 25.9 Å². The third-order valence-electron chi connectivity index (χ3n) is 5.47. The van der Waals surface area contributed by atoms with E-state index in [0.717, 1.165) is 22.3 Å². The Balaban J connectivity index is 2.03. The lowest BCUT2D eigenvalue weighted by atomic mass is 9.93. The molecule has 30 heavy (non-hydrogen) atoms. The highest BCUT2D eigenvalue weighted by atomic mass is 32.2. The van der Waals surface area contributed by atoms with Crippen LogP contribution >= 0.6 is 0 Å². The van der Waals surface area contributed by atoms with Gasteiger partial charge in [-0.3, -0.25) is 9.11 Å². The number of anilines is 1. The Bertz CT molecular complexity index is 1420. The molecule has 0 heterocycles. The van der Waals surface area contributed by atoms with Crippen molar-refractivity contribution in [2.75, 3.05) is 5.73 Å². The molecule has 0 spiro atoms. The third-order valence-corrected chi connectivity index (χ3v) is 7.21. The lowest BCUT2D eigenvalue weighted by Gasteiger charge is -2.16. The van der Waals surface area contributed by atoms with Gasteiger partial charge in [0.15, 0.2) is 0 Å². The summed E-state index contributed by atoms with van der Waals surface area (Å²) < 4.78 is 66.5. The molecule has 1 aliphatic carbocycles. The van der Waals surface area contributed by atoms with Crippen LogP contribution in [0, 0.1) is 13.8 Å². The van der Waals surface area contributed by atoms with E-state index >= 15 is 0 Å². The molecule has 0 saturated carbocycles. The lowest BCUT2D eigenvalue weighted by Crippen LogP contribution is -2.04. The average molecular weight is 446 g/mol. The zero-order chi connectivity index (χ0) is 22.0. The smallest absolute Gasteiger partial charge is 0.295 e. The molecule has 0 unspecified atom stereocenters. The second-order valence-corrected chi connectivity index (χ2v) is 10.2. The van der Waals surface area contributed by atoms with Crippen LogP contribution in [0.4, 0.5) is 5.69 Å². The fourth-order valence-corrected chi connectivity index (χ4v) is 5.31. The zero-order valence-electron chi connectivity index (χ0n) is 16.2. The first-order chi connectivity index (χ1) is 13.9. The van der Waals surface area contributed by atoms with Crippen molar-refractivity contribution in [2.45, 2.75) is 30.1 Å². The molecule has 156 valence electrons. The highest BCUT2D eigenvalue weighted by Crippen LogP contribution is 2.45. The summed E-state index contributed by atoms with van der Waals surface area (Å²) in [6, 6.07) is 10.7. The maximum Gasteiger partial charge on any atom is 0.295 e. The Morgan fingerprint density at radius 1 is 0.833 bits per heavy atom. The van der Waals surface area contributed by atoms with Gasteiger partial charge in [0.05, 0.1) is 4.90 Å². The molecular formula is C21H19NO6S2. The predicted molar refractivity (Wildman–Crippen MR) is 114 cm³/mol. The molecule has 0 amide bonds. The van der Waals surface area contributed by atoms with Crippen LogP contribution in [-0.4, -0.2) is 25.9 Å². The van der Waals surface area contributed by atoms with Gasteiger partial charge in [-0.1, -0.05) is 12.1 Å². The molecule has 0 saturated heterocycles. The lowest BCUT2D eigenvalue weighted by molar-refractivity contribution is 0.481. The molecule has 0 aromatic heterocycles. The highest BCUT2D eigenvalue weighted by molar-refractivity contribution is 7.86. The summed E-state index contributed by atoms with van der Waals surface area (Å²) in [5, 5.41) is 0. The van der Waals surface area contributed by atoms with Crippen LogP contribution in [0.25, 0.3) is 22.3 Å². The van der Waals surface area contributed by atoms with Gasteiger partial charge < -0.3 is 5.73 Å². The Morgan fingerprint density at radius 2 is 1.43 bits per heavy atom. The van der Waals surface area contributed by atoms with Crippen molar-refractivity contribution in [1.29, 1.82) is 0 Å². The van der Waals surface area contributed by atoms with Crippen LogP contribution in [0.1, 0.15) is 22.3 Å². The topological polar surface area (TPSA) is 135 Å². The second-order valence-electron chi connectivity index (χ2n) is 7.43. The summed E-state index contributed by atoms with van der Waals surface area (Å²) in [7, 11) is -8.90. The number of rotatable bonds is 3. The monoisotopic (exact) mass is 445 g/mol. The van der Waals surface area contributed by atoms with Gasteiger partial charge in [0.1, 0.15) is 4.90 Å². The predicted octanol–water partition coefficient (Wildman–Crippen LogP) is 3.62. The van der Waals surface area contributed by atoms with E-state index in [1.165, 1.54) is 18.2 Å². The van der Waals surface area contributed by atoms with Gasteiger partial charge in [0, 0.05) is 11.3 Å². The maximum atomic E-state index is 12.1. The molecule has 0 atom stereocenters. The van der Waals surface area contributed by atoms with Crippen LogP contribution in [-0.2, 0) is 26.7 Å². The fraction of sp³-hybridized carbons (Fsp3) is 0.143. The first-order valence-electron chi connectivity index (χ1n) is 8.99.